The molecule has 0 radical (unpaired) electrons. The number of benzene rings is 2. The minimum atomic E-state index is -0.639. The molecule has 0 atom stereocenters. The SMILES string of the molecule is Cc1ccc(Cl)cc1OC(=O)N(C)c1ccnc(Nc2ccc(OCCN3CCN(C(C)C)CC3)c(F)c2)n1. The molecule has 2 heterocycles. The van der Waals surface area contributed by atoms with Crippen molar-refractivity contribution in [2.24, 2.45) is 0 Å². The van der Waals surface area contributed by atoms with Crippen molar-refractivity contribution >= 4 is 35.1 Å². The van der Waals surface area contributed by atoms with Crippen LogP contribution < -0.4 is 19.7 Å². The first kappa shape index (κ1) is 28.5. The van der Waals surface area contributed by atoms with E-state index in [1.807, 2.05) is 6.92 Å². The number of aryl methyl sites for hydroxylation is 1. The number of halogens is 2. The van der Waals surface area contributed by atoms with Crippen molar-refractivity contribution in [3.8, 4) is 11.5 Å². The van der Waals surface area contributed by atoms with Gasteiger partial charge in [-0.1, -0.05) is 17.7 Å². The zero-order valence-corrected chi connectivity index (χ0v) is 23.4. The molecule has 208 valence electrons. The second kappa shape index (κ2) is 13.1. The normalized spacial score (nSPS) is 14.3. The van der Waals surface area contributed by atoms with E-state index < -0.39 is 11.9 Å². The maximum atomic E-state index is 14.7. The van der Waals surface area contributed by atoms with Gasteiger partial charge in [-0.25, -0.2) is 14.2 Å². The Balaban J connectivity index is 1.31. The van der Waals surface area contributed by atoms with E-state index in [-0.39, 0.29) is 11.7 Å². The average Bonchev–Trinajstić information content (AvgIpc) is 2.92. The van der Waals surface area contributed by atoms with Gasteiger partial charge in [0.15, 0.2) is 11.6 Å². The molecule has 1 fully saturated rings. The lowest BCUT2D eigenvalue weighted by Gasteiger charge is -2.36. The second-order valence-corrected chi connectivity index (χ2v) is 10.1. The third kappa shape index (κ3) is 7.78. The molecule has 1 amide bonds. The molecule has 1 aliphatic heterocycles. The molecule has 9 nitrogen and oxygen atoms in total. The largest absolute Gasteiger partial charge is 0.489 e. The van der Waals surface area contributed by atoms with Gasteiger partial charge in [-0.3, -0.25) is 14.7 Å². The van der Waals surface area contributed by atoms with Crippen LogP contribution in [0.25, 0.3) is 0 Å². The maximum Gasteiger partial charge on any atom is 0.420 e. The molecule has 0 unspecified atom stereocenters. The van der Waals surface area contributed by atoms with Gasteiger partial charge in [0.2, 0.25) is 5.95 Å². The fraction of sp³-hybridized carbons (Fsp3) is 0.393. The Hall–Kier alpha value is -3.47. The number of amides is 1. The van der Waals surface area contributed by atoms with Crippen LogP contribution in [0.3, 0.4) is 0 Å². The lowest BCUT2D eigenvalue weighted by atomic mass is 10.2. The van der Waals surface area contributed by atoms with Gasteiger partial charge >= 0.3 is 6.09 Å². The van der Waals surface area contributed by atoms with Crippen molar-refractivity contribution in [2.45, 2.75) is 26.8 Å². The van der Waals surface area contributed by atoms with E-state index >= 15 is 0 Å². The summed E-state index contributed by atoms with van der Waals surface area (Å²) < 4.78 is 25.9. The zero-order valence-electron chi connectivity index (χ0n) is 22.7. The Morgan fingerprint density at radius 2 is 1.90 bits per heavy atom. The van der Waals surface area contributed by atoms with Crippen molar-refractivity contribution in [1.29, 1.82) is 0 Å². The average molecular weight is 557 g/mol. The summed E-state index contributed by atoms with van der Waals surface area (Å²) in [6, 6.07) is 11.8. The first-order valence-corrected chi connectivity index (χ1v) is 13.3. The Kier molecular flexibility index (Phi) is 9.55. The van der Waals surface area contributed by atoms with Crippen LogP contribution in [-0.2, 0) is 0 Å². The molecule has 39 heavy (non-hydrogen) atoms. The summed E-state index contributed by atoms with van der Waals surface area (Å²) in [7, 11) is 1.53. The third-order valence-corrected chi connectivity index (χ3v) is 6.83. The van der Waals surface area contributed by atoms with Gasteiger partial charge in [-0.2, -0.15) is 4.98 Å². The van der Waals surface area contributed by atoms with Crippen molar-refractivity contribution in [2.75, 3.05) is 56.6 Å². The number of hydrogen-bond donors (Lipinski definition) is 1. The number of anilines is 3. The van der Waals surface area contributed by atoms with Gasteiger partial charge in [-0.15, -0.1) is 0 Å². The molecule has 0 aliphatic carbocycles. The Morgan fingerprint density at radius 1 is 1.13 bits per heavy atom. The molecule has 0 saturated carbocycles. The summed E-state index contributed by atoms with van der Waals surface area (Å²) >= 11 is 6.01. The molecule has 1 saturated heterocycles. The predicted octanol–water partition coefficient (Wildman–Crippen LogP) is 5.36. The van der Waals surface area contributed by atoms with Crippen molar-refractivity contribution < 1.29 is 18.7 Å². The second-order valence-electron chi connectivity index (χ2n) is 9.67. The number of aromatic nitrogens is 2. The fourth-order valence-corrected chi connectivity index (χ4v) is 4.31. The summed E-state index contributed by atoms with van der Waals surface area (Å²) in [5.74, 6) is 0.554. The van der Waals surface area contributed by atoms with Crippen LogP contribution in [0.5, 0.6) is 11.5 Å². The highest BCUT2D eigenvalue weighted by molar-refractivity contribution is 6.30. The lowest BCUT2D eigenvalue weighted by Crippen LogP contribution is -2.49. The summed E-state index contributed by atoms with van der Waals surface area (Å²) in [5.41, 5.74) is 1.21. The van der Waals surface area contributed by atoms with E-state index in [2.05, 4.69) is 38.9 Å². The van der Waals surface area contributed by atoms with E-state index in [1.165, 1.54) is 24.2 Å². The molecule has 1 aliphatic rings. The minimum Gasteiger partial charge on any atom is -0.489 e. The molecule has 1 N–H and O–H groups in total. The van der Waals surface area contributed by atoms with Crippen molar-refractivity contribution in [1.82, 2.24) is 19.8 Å². The van der Waals surface area contributed by atoms with E-state index in [9.17, 15) is 9.18 Å². The molecule has 1 aromatic heterocycles. The Bertz CT molecular complexity index is 1290. The predicted molar refractivity (Wildman–Crippen MR) is 151 cm³/mol. The van der Waals surface area contributed by atoms with Crippen molar-refractivity contribution in [3.63, 3.8) is 0 Å². The highest BCUT2D eigenvalue weighted by atomic mass is 35.5. The van der Waals surface area contributed by atoms with E-state index in [4.69, 9.17) is 21.1 Å². The highest BCUT2D eigenvalue weighted by Gasteiger charge is 2.19. The van der Waals surface area contributed by atoms with Crippen LogP contribution in [0.1, 0.15) is 19.4 Å². The van der Waals surface area contributed by atoms with E-state index in [0.29, 0.717) is 34.9 Å². The van der Waals surface area contributed by atoms with E-state index in [0.717, 1.165) is 38.3 Å². The lowest BCUT2D eigenvalue weighted by molar-refractivity contribution is 0.0965. The Morgan fingerprint density at radius 3 is 2.62 bits per heavy atom. The number of nitrogens with zero attached hydrogens (tertiary/aromatic N) is 5. The molecule has 0 spiro atoms. The summed E-state index contributed by atoms with van der Waals surface area (Å²) in [4.78, 5) is 27.2. The van der Waals surface area contributed by atoms with Crippen LogP contribution in [0.15, 0.2) is 48.7 Å². The first-order valence-electron chi connectivity index (χ1n) is 12.9. The van der Waals surface area contributed by atoms with Gasteiger partial charge in [-0.05, 0) is 56.7 Å². The number of rotatable bonds is 9. The maximum absolute atomic E-state index is 14.7. The zero-order chi connectivity index (χ0) is 27.9. The molecule has 0 bridgehead atoms. The quantitative estimate of drug-likeness (QED) is 0.377. The van der Waals surface area contributed by atoms with Crippen LogP contribution in [-0.4, -0.2) is 78.3 Å². The van der Waals surface area contributed by atoms with Crippen LogP contribution >= 0.6 is 11.6 Å². The summed E-state index contributed by atoms with van der Waals surface area (Å²) in [6.45, 7) is 11.4. The number of carbonyl (C=O) groups is 1. The molecule has 2 aromatic carbocycles. The molecule has 11 heteroatoms. The standard InChI is InChI=1S/C28H34ClFN6O3/c1-19(2)36-13-11-35(12-14-36)15-16-38-24-8-7-22(18-23(24)30)32-27-31-10-9-26(33-27)34(4)28(37)39-25-17-21(29)6-5-20(25)3/h5-10,17-19H,11-16H2,1-4H3,(H,31,32,33). The smallest absolute Gasteiger partial charge is 0.420 e. The van der Waals surface area contributed by atoms with Gasteiger partial charge in [0.05, 0.1) is 0 Å². The number of ether oxygens (including phenoxy) is 2. The van der Waals surface area contributed by atoms with Crippen LogP contribution in [0, 0.1) is 12.7 Å². The molecule has 4 rings (SSSR count). The topological polar surface area (TPSA) is 83.1 Å². The summed E-state index contributed by atoms with van der Waals surface area (Å²) in [6.07, 6.45) is 0.854. The third-order valence-electron chi connectivity index (χ3n) is 6.60. The fourth-order valence-electron chi connectivity index (χ4n) is 4.15. The highest BCUT2D eigenvalue weighted by Crippen LogP contribution is 2.25. The minimum absolute atomic E-state index is 0.190. The van der Waals surface area contributed by atoms with Gasteiger partial charge in [0.1, 0.15) is 18.2 Å². The van der Waals surface area contributed by atoms with Gasteiger partial charge in [0, 0.05) is 68.8 Å². The van der Waals surface area contributed by atoms with Crippen LogP contribution in [0.2, 0.25) is 5.02 Å². The van der Waals surface area contributed by atoms with Gasteiger partial charge < -0.3 is 14.8 Å². The van der Waals surface area contributed by atoms with Crippen molar-refractivity contribution in [3.05, 3.63) is 65.1 Å². The number of nitrogens with one attached hydrogen (secondary N) is 1. The molecular formula is C28H34ClFN6O3. The summed E-state index contributed by atoms with van der Waals surface area (Å²) in [5, 5.41) is 3.43. The number of hydrogen-bond acceptors (Lipinski definition) is 8. The Labute approximate surface area is 233 Å². The first-order chi connectivity index (χ1) is 18.7. The molecular weight excluding hydrogens is 523 g/mol. The number of piperazine rings is 1. The van der Waals surface area contributed by atoms with Gasteiger partial charge in [0.25, 0.3) is 0 Å². The number of carbonyl (C=O) groups excluding carboxylic acids is 1. The van der Waals surface area contributed by atoms with E-state index in [1.54, 1.807) is 36.4 Å². The van der Waals surface area contributed by atoms with Crippen LogP contribution in [0.4, 0.5) is 26.6 Å². The monoisotopic (exact) mass is 556 g/mol. The molecule has 3 aromatic rings.